The minimum absolute atomic E-state index is 0.658. The SMILES string of the molecule is Cc1cccc(OS(C)=O)c1. The van der Waals surface area contributed by atoms with E-state index >= 15 is 0 Å². The van der Waals surface area contributed by atoms with Gasteiger partial charge in [-0.3, -0.25) is 0 Å². The third kappa shape index (κ3) is 2.72. The lowest BCUT2D eigenvalue weighted by atomic mass is 10.2. The van der Waals surface area contributed by atoms with Crippen molar-refractivity contribution in [2.45, 2.75) is 6.92 Å². The molecule has 0 spiro atoms. The molecule has 1 atom stereocenters. The number of rotatable bonds is 2. The van der Waals surface area contributed by atoms with Crippen LogP contribution in [0.4, 0.5) is 0 Å². The third-order valence-corrected chi connectivity index (χ3v) is 1.63. The summed E-state index contributed by atoms with van der Waals surface area (Å²) in [6.45, 7) is 1.96. The molecule has 0 aliphatic carbocycles. The first-order valence-electron chi connectivity index (χ1n) is 3.27. The summed E-state index contributed by atoms with van der Waals surface area (Å²) in [5.74, 6) is 0.658. The average molecular weight is 170 g/mol. The second-order valence-electron chi connectivity index (χ2n) is 2.30. The zero-order valence-corrected chi connectivity index (χ0v) is 7.35. The molecule has 0 N–H and O–H groups in total. The van der Waals surface area contributed by atoms with Gasteiger partial charge >= 0.3 is 0 Å². The molecule has 1 aromatic rings. The molecule has 0 aliphatic rings. The Hall–Kier alpha value is -0.830. The second-order valence-corrected chi connectivity index (χ2v) is 3.27. The zero-order valence-electron chi connectivity index (χ0n) is 6.53. The fourth-order valence-electron chi connectivity index (χ4n) is 0.803. The molecule has 2 nitrogen and oxygen atoms in total. The Morgan fingerprint density at radius 3 is 2.73 bits per heavy atom. The summed E-state index contributed by atoms with van der Waals surface area (Å²) >= 11 is -1.22. The van der Waals surface area contributed by atoms with Gasteiger partial charge in [0.05, 0.1) is 0 Å². The van der Waals surface area contributed by atoms with Crippen molar-refractivity contribution in [3.63, 3.8) is 0 Å². The molecule has 0 amide bonds. The van der Waals surface area contributed by atoms with E-state index in [4.69, 9.17) is 4.18 Å². The molecule has 0 bridgehead atoms. The Labute approximate surface area is 68.9 Å². The minimum Gasteiger partial charge on any atom is -0.401 e. The molecule has 60 valence electrons. The lowest BCUT2D eigenvalue weighted by Crippen LogP contribution is -1.96. The van der Waals surface area contributed by atoms with Gasteiger partial charge in [-0.05, 0) is 24.6 Å². The number of aryl methyl sites for hydroxylation is 1. The smallest absolute Gasteiger partial charge is 0.203 e. The maximum absolute atomic E-state index is 10.6. The van der Waals surface area contributed by atoms with E-state index in [1.54, 1.807) is 6.07 Å². The molecular formula is C8H10O2S. The van der Waals surface area contributed by atoms with Crippen LogP contribution in [0.2, 0.25) is 0 Å². The second kappa shape index (κ2) is 3.53. The molecular weight excluding hydrogens is 160 g/mol. The Morgan fingerprint density at radius 1 is 1.45 bits per heavy atom. The summed E-state index contributed by atoms with van der Waals surface area (Å²) in [5, 5.41) is 0. The van der Waals surface area contributed by atoms with Crippen molar-refractivity contribution < 1.29 is 8.39 Å². The summed E-state index contributed by atoms with van der Waals surface area (Å²) in [6, 6.07) is 7.47. The quantitative estimate of drug-likeness (QED) is 0.674. The van der Waals surface area contributed by atoms with Crippen LogP contribution in [-0.4, -0.2) is 10.5 Å². The maximum atomic E-state index is 10.6. The van der Waals surface area contributed by atoms with Gasteiger partial charge in [0, 0.05) is 6.26 Å². The van der Waals surface area contributed by atoms with Gasteiger partial charge in [0.25, 0.3) is 0 Å². The Balaban J connectivity index is 2.79. The van der Waals surface area contributed by atoms with Gasteiger partial charge in [0.15, 0.2) is 0 Å². The van der Waals surface area contributed by atoms with Crippen LogP contribution in [0.3, 0.4) is 0 Å². The third-order valence-electron chi connectivity index (χ3n) is 1.20. The fourth-order valence-corrected chi connectivity index (χ4v) is 1.18. The van der Waals surface area contributed by atoms with Gasteiger partial charge in [0.2, 0.25) is 11.1 Å². The van der Waals surface area contributed by atoms with Crippen LogP contribution in [0, 0.1) is 6.92 Å². The molecule has 0 saturated heterocycles. The number of benzene rings is 1. The first-order chi connectivity index (χ1) is 5.18. The van der Waals surface area contributed by atoms with E-state index in [0.29, 0.717) is 5.75 Å². The highest BCUT2D eigenvalue weighted by Crippen LogP contribution is 2.12. The average Bonchev–Trinajstić information content (AvgIpc) is 1.85. The number of hydrogen-bond donors (Lipinski definition) is 0. The van der Waals surface area contributed by atoms with Crippen molar-refractivity contribution in [1.82, 2.24) is 0 Å². The van der Waals surface area contributed by atoms with Crippen LogP contribution in [0.1, 0.15) is 5.56 Å². The first-order valence-corrected chi connectivity index (χ1v) is 4.75. The molecule has 0 saturated carbocycles. The molecule has 0 aromatic heterocycles. The van der Waals surface area contributed by atoms with E-state index in [1.807, 2.05) is 25.1 Å². The Kier molecular flexibility index (Phi) is 2.65. The van der Waals surface area contributed by atoms with Gasteiger partial charge < -0.3 is 4.18 Å². The number of hydrogen-bond acceptors (Lipinski definition) is 2. The fraction of sp³-hybridized carbons (Fsp3) is 0.250. The zero-order chi connectivity index (χ0) is 8.27. The first kappa shape index (κ1) is 8.27. The van der Waals surface area contributed by atoms with Crippen molar-refractivity contribution in [2.75, 3.05) is 6.26 Å². The predicted octanol–water partition coefficient (Wildman–Crippen LogP) is 1.67. The largest absolute Gasteiger partial charge is 0.401 e. The summed E-state index contributed by atoms with van der Waals surface area (Å²) in [6.07, 6.45) is 1.50. The lowest BCUT2D eigenvalue weighted by molar-refractivity contribution is 0.567. The van der Waals surface area contributed by atoms with Crippen LogP contribution in [0.5, 0.6) is 5.75 Å². The summed E-state index contributed by atoms with van der Waals surface area (Å²) in [7, 11) is 0. The van der Waals surface area contributed by atoms with Crippen molar-refractivity contribution >= 4 is 11.1 Å². The summed E-state index contributed by atoms with van der Waals surface area (Å²) in [5.41, 5.74) is 1.10. The molecule has 0 heterocycles. The topological polar surface area (TPSA) is 26.3 Å². The van der Waals surface area contributed by atoms with Crippen molar-refractivity contribution in [3.05, 3.63) is 29.8 Å². The molecule has 1 rings (SSSR count). The predicted molar refractivity (Wildman–Crippen MR) is 45.9 cm³/mol. The van der Waals surface area contributed by atoms with Gasteiger partial charge in [-0.2, -0.15) is 0 Å². The summed E-state index contributed by atoms with van der Waals surface area (Å²) in [4.78, 5) is 0. The van der Waals surface area contributed by atoms with E-state index in [2.05, 4.69) is 0 Å². The van der Waals surface area contributed by atoms with Crippen LogP contribution in [-0.2, 0) is 11.1 Å². The van der Waals surface area contributed by atoms with E-state index in [1.165, 1.54) is 6.26 Å². The van der Waals surface area contributed by atoms with Crippen LogP contribution in [0.15, 0.2) is 24.3 Å². The van der Waals surface area contributed by atoms with E-state index in [-0.39, 0.29) is 0 Å². The highest BCUT2D eigenvalue weighted by atomic mass is 32.2. The molecule has 0 aliphatic heterocycles. The highest BCUT2D eigenvalue weighted by Gasteiger charge is 1.94. The van der Waals surface area contributed by atoms with Gasteiger partial charge in [-0.25, -0.2) is 4.21 Å². The van der Waals surface area contributed by atoms with E-state index in [0.717, 1.165) is 5.56 Å². The minimum atomic E-state index is -1.22. The molecule has 11 heavy (non-hydrogen) atoms. The van der Waals surface area contributed by atoms with Crippen LogP contribution in [0.25, 0.3) is 0 Å². The van der Waals surface area contributed by atoms with Crippen LogP contribution >= 0.6 is 0 Å². The van der Waals surface area contributed by atoms with Gasteiger partial charge in [-0.1, -0.05) is 12.1 Å². The Bertz CT molecular complexity index is 271. The van der Waals surface area contributed by atoms with Crippen LogP contribution < -0.4 is 4.18 Å². The van der Waals surface area contributed by atoms with Crippen molar-refractivity contribution in [2.24, 2.45) is 0 Å². The molecule has 0 radical (unpaired) electrons. The monoisotopic (exact) mass is 170 g/mol. The maximum Gasteiger partial charge on any atom is 0.203 e. The normalized spacial score (nSPS) is 12.5. The van der Waals surface area contributed by atoms with Crippen molar-refractivity contribution in [1.29, 1.82) is 0 Å². The molecule has 3 heteroatoms. The molecule has 1 unspecified atom stereocenters. The Morgan fingerprint density at radius 2 is 2.18 bits per heavy atom. The molecule has 0 fully saturated rings. The van der Waals surface area contributed by atoms with Gasteiger partial charge in [-0.15, -0.1) is 0 Å². The standard InChI is InChI=1S/C8H10O2S/c1-7-4-3-5-8(6-7)10-11(2)9/h3-6H,1-2H3. The molecule has 1 aromatic carbocycles. The summed E-state index contributed by atoms with van der Waals surface area (Å²) < 4.78 is 15.6. The lowest BCUT2D eigenvalue weighted by Gasteiger charge is -2.00. The van der Waals surface area contributed by atoms with E-state index in [9.17, 15) is 4.21 Å². The van der Waals surface area contributed by atoms with Crippen molar-refractivity contribution in [3.8, 4) is 5.75 Å². The van der Waals surface area contributed by atoms with Gasteiger partial charge in [0.1, 0.15) is 5.75 Å². The van der Waals surface area contributed by atoms with E-state index < -0.39 is 11.1 Å². The highest BCUT2D eigenvalue weighted by molar-refractivity contribution is 7.79.